The number of anilines is 1. The third-order valence-electron chi connectivity index (χ3n) is 2.77. The van der Waals surface area contributed by atoms with Gasteiger partial charge >= 0.3 is 11.9 Å². The lowest BCUT2D eigenvalue weighted by molar-refractivity contribution is -0.134. The van der Waals surface area contributed by atoms with Gasteiger partial charge in [0.2, 0.25) is 5.91 Å². The molecule has 0 aliphatic carbocycles. The van der Waals surface area contributed by atoms with Gasteiger partial charge in [-0.25, -0.2) is 0 Å². The summed E-state index contributed by atoms with van der Waals surface area (Å²) >= 11 is 0. The minimum atomic E-state index is -0.558. The van der Waals surface area contributed by atoms with E-state index in [0.717, 1.165) is 0 Å². The number of amides is 1. The predicted octanol–water partition coefficient (Wildman–Crippen LogP) is 2.65. The molecule has 2 aromatic carbocycles. The normalized spacial score (nSPS) is 10.1. The van der Waals surface area contributed by atoms with E-state index in [1.54, 1.807) is 24.3 Å². The van der Waals surface area contributed by atoms with Crippen LogP contribution in [0.3, 0.4) is 0 Å². The Morgan fingerprint density at radius 2 is 1.50 bits per heavy atom. The number of fused-ring (bicyclic) bond motifs is 1. The summed E-state index contributed by atoms with van der Waals surface area (Å²) in [5.41, 5.74) is 0.468. The van der Waals surface area contributed by atoms with Crippen LogP contribution in [0, 0.1) is 0 Å². The summed E-state index contributed by atoms with van der Waals surface area (Å²) in [7, 11) is 0. The molecule has 0 saturated carbocycles. The second kappa shape index (κ2) is 6.26. The standard InChI is InChI=1S/C16H15NO5/c1-9(18)17-14-8-15(21-10(2)19)16(22-11(3)20)13-7-5-4-6-12(13)14/h4-8H,1-3H3,(H,17,18). The van der Waals surface area contributed by atoms with Crippen molar-refractivity contribution >= 4 is 34.3 Å². The summed E-state index contributed by atoms with van der Waals surface area (Å²) in [5, 5.41) is 3.90. The van der Waals surface area contributed by atoms with Gasteiger partial charge in [0, 0.05) is 37.6 Å². The van der Waals surface area contributed by atoms with Gasteiger partial charge in [0.15, 0.2) is 11.5 Å². The second-order valence-corrected chi connectivity index (χ2v) is 4.67. The maximum Gasteiger partial charge on any atom is 0.308 e. The van der Waals surface area contributed by atoms with Gasteiger partial charge in [0.1, 0.15) is 0 Å². The largest absolute Gasteiger partial charge is 0.423 e. The fourth-order valence-corrected chi connectivity index (χ4v) is 2.10. The Bertz CT molecular complexity index is 766. The van der Waals surface area contributed by atoms with Crippen LogP contribution >= 0.6 is 0 Å². The van der Waals surface area contributed by atoms with Crippen molar-refractivity contribution < 1.29 is 23.9 Å². The van der Waals surface area contributed by atoms with Gasteiger partial charge < -0.3 is 14.8 Å². The summed E-state index contributed by atoms with van der Waals surface area (Å²) in [6.45, 7) is 3.87. The average Bonchev–Trinajstić information content (AvgIpc) is 2.41. The molecule has 6 nitrogen and oxygen atoms in total. The number of rotatable bonds is 3. The molecule has 0 aliphatic rings. The number of benzene rings is 2. The highest BCUT2D eigenvalue weighted by molar-refractivity contribution is 6.06. The van der Waals surface area contributed by atoms with Crippen LogP contribution in [-0.2, 0) is 14.4 Å². The molecule has 0 aromatic heterocycles. The van der Waals surface area contributed by atoms with E-state index in [4.69, 9.17) is 9.47 Å². The quantitative estimate of drug-likeness (QED) is 0.696. The fraction of sp³-hybridized carbons (Fsp3) is 0.188. The number of hydrogen-bond acceptors (Lipinski definition) is 5. The lowest BCUT2D eigenvalue weighted by atomic mass is 10.1. The van der Waals surface area contributed by atoms with E-state index in [1.807, 2.05) is 0 Å². The van der Waals surface area contributed by atoms with Crippen molar-refractivity contribution in [3.63, 3.8) is 0 Å². The molecule has 6 heteroatoms. The molecular formula is C16H15NO5. The lowest BCUT2D eigenvalue weighted by Crippen LogP contribution is -2.10. The monoisotopic (exact) mass is 301 g/mol. The average molecular weight is 301 g/mol. The summed E-state index contributed by atoms with van der Waals surface area (Å²) in [6.07, 6.45) is 0. The molecule has 0 heterocycles. The highest BCUT2D eigenvalue weighted by Crippen LogP contribution is 2.40. The third-order valence-corrected chi connectivity index (χ3v) is 2.77. The van der Waals surface area contributed by atoms with E-state index in [1.165, 1.54) is 26.8 Å². The molecular weight excluding hydrogens is 286 g/mol. The van der Waals surface area contributed by atoms with Crippen molar-refractivity contribution in [3.05, 3.63) is 30.3 Å². The van der Waals surface area contributed by atoms with Crippen molar-refractivity contribution in [2.24, 2.45) is 0 Å². The molecule has 114 valence electrons. The van der Waals surface area contributed by atoms with E-state index < -0.39 is 11.9 Å². The minimum Gasteiger partial charge on any atom is -0.423 e. The zero-order chi connectivity index (χ0) is 16.3. The number of ether oxygens (including phenoxy) is 2. The zero-order valence-electron chi connectivity index (χ0n) is 12.4. The van der Waals surface area contributed by atoms with Gasteiger partial charge in [-0.05, 0) is 0 Å². The molecule has 0 spiro atoms. The van der Waals surface area contributed by atoms with Crippen LogP contribution in [0.25, 0.3) is 10.8 Å². The van der Waals surface area contributed by atoms with Gasteiger partial charge in [-0.2, -0.15) is 0 Å². The van der Waals surface area contributed by atoms with Crippen LogP contribution in [0.5, 0.6) is 11.5 Å². The first-order chi connectivity index (χ1) is 10.4. The zero-order valence-corrected chi connectivity index (χ0v) is 12.4. The van der Waals surface area contributed by atoms with Gasteiger partial charge in [-0.1, -0.05) is 24.3 Å². The molecule has 22 heavy (non-hydrogen) atoms. The topological polar surface area (TPSA) is 81.7 Å². The molecule has 0 aliphatic heterocycles. The molecule has 1 N–H and O–H groups in total. The Balaban J connectivity index is 2.74. The van der Waals surface area contributed by atoms with Crippen molar-refractivity contribution in [1.82, 2.24) is 0 Å². The Labute approximate surface area is 127 Å². The maximum atomic E-state index is 11.3. The Kier molecular flexibility index (Phi) is 4.41. The first kappa shape index (κ1) is 15.5. The minimum absolute atomic E-state index is 0.0742. The molecule has 0 bridgehead atoms. The molecule has 0 unspecified atom stereocenters. The molecule has 0 atom stereocenters. The Morgan fingerprint density at radius 3 is 2.05 bits per heavy atom. The van der Waals surface area contributed by atoms with Gasteiger partial charge in [-0.3, -0.25) is 14.4 Å². The number of esters is 2. The Hall–Kier alpha value is -2.89. The molecule has 1 amide bonds. The molecule has 2 rings (SSSR count). The van der Waals surface area contributed by atoms with Crippen molar-refractivity contribution in [2.75, 3.05) is 5.32 Å². The van der Waals surface area contributed by atoms with Crippen LogP contribution in [0.15, 0.2) is 30.3 Å². The SMILES string of the molecule is CC(=O)Nc1cc(OC(C)=O)c(OC(C)=O)c2ccccc12. The smallest absolute Gasteiger partial charge is 0.308 e. The van der Waals surface area contributed by atoms with Crippen LogP contribution in [0.2, 0.25) is 0 Å². The predicted molar refractivity (Wildman–Crippen MR) is 80.9 cm³/mol. The summed E-state index contributed by atoms with van der Waals surface area (Å²) in [5.74, 6) is -1.14. The highest BCUT2D eigenvalue weighted by atomic mass is 16.6. The molecule has 0 fully saturated rings. The van der Waals surface area contributed by atoms with E-state index in [-0.39, 0.29) is 17.4 Å². The van der Waals surface area contributed by atoms with Crippen molar-refractivity contribution in [2.45, 2.75) is 20.8 Å². The number of nitrogens with one attached hydrogen (secondary N) is 1. The van der Waals surface area contributed by atoms with Crippen molar-refractivity contribution in [1.29, 1.82) is 0 Å². The van der Waals surface area contributed by atoms with Gasteiger partial charge in [0.05, 0.1) is 5.69 Å². The Morgan fingerprint density at radius 1 is 0.909 bits per heavy atom. The molecule has 0 saturated heterocycles. The summed E-state index contributed by atoms with van der Waals surface area (Å²) in [4.78, 5) is 33.9. The van der Waals surface area contributed by atoms with E-state index in [9.17, 15) is 14.4 Å². The summed E-state index contributed by atoms with van der Waals surface area (Å²) in [6, 6.07) is 8.49. The van der Waals surface area contributed by atoms with Gasteiger partial charge in [0.25, 0.3) is 0 Å². The number of hydrogen-bond donors (Lipinski definition) is 1. The number of carbonyl (C=O) groups excluding carboxylic acids is 3. The molecule has 0 radical (unpaired) electrons. The van der Waals surface area contributed by atoms with Crippen LogP contribution in [-0.4, -0.2) is 17.8 Å². The van der Waals surface area contributed by atoms with E-state index >= 15 is 0 Å². The fourth-order valence-electron chi connectivity index (χ4n) is 2.10. The van der Waals surface area contributed by atoms with Crippen LogP contribution in [0.1, 0.15) is 20.8 Å². The van der Waals surface area contributed by atoms with Crippen LogP contribution in [0.4, 0.5) is 5.69 Å². The maximum absolute atomic E-state index is 11.3. The molecule has 2 aromatic rings. The van der Waals surface area contributed by atoms with Crippen molar-refractivity contribution in [3.8, 4) is 11.5 Å². The van der Waals surface area contributed by atoms with Crippen LogP contribution < -0.4 is 14.8 Å². The van der Waals surface area contributed by atoms with Gasteiger partial charge in [-0.15, -0.1) is 0 Å². The second-order valence-electron chi connectivity index (χ2n) is 4.67. The van der Waals surface area contributed by atoms with E-state index in [2.05, 4.69) is 5.32 Å². The lowest BCUT2D eigenvalue weighted by Gasteiger charge is -2.15. The first-order valence-corrected chi connectivity index (χ1v) is 6.58. The number of carbonyl (C=O) groups is 3. The highest BCUT2D eigenvalue weighted by Gasteiger charge is 2.18. The first-order valence-electron chi connectivity index (χ1n) is 6.58. The van der Waals surface area contributed by atoms with E-state index in [0.29, 0.717) is 16.5 Å². The summed E-state index contributed by atoms with van der Waals surface area (Å²) < 4.78 is 10.3. The third kappa shape index (κ3) is 3.41.